The summed E-state index contributed by atoms with van der Waals surface area (Å²) in [6.45, 7) is 3.94. The standard InChI is InChI=1S/C11H16N4O/c1-3-12-5-4-11-14-7-10(16-11)9-6-13-8-15(9)2/h6-8,12H,3-5H2,1-2H3. The molecule has 0 radical (unpaired) electrons. The average molecular weight is 220 g/mol. The molecule has 0 aliphatic rings. The molecular weight excluding hydrogens is 204 g/mol. The average Bonchev–Trinajstić information content (AvgIpc) is 2.87. The van der Waals surface area contributed by atoms with Crippen LogP contribution in [0.1, 0.15) is 12.8 Å². The third kappa shape index (κ3) is 2.30. The molecule has 0 atom stereocenters. The number of hydrogen-bond donors (Lipinski definition) is 1. The lowest BCUT2D eigenvalue weighted by Gasteiger charge is -1.98. The van der Waals surface area contributed by atoms with E-state index in [2.05, 4.69) is 22.2 Å². The van der Waals surface area contributed by atoms with Crippen LogP contribution in [0.2, 0.25) is 0 Å². The van der Waals surface area contributed by atoms with Crippen LogP contribution in [0.15, 0.2) is 23.1 Å². The topological polar surface area (TPSA) is 55.9 Å². The van der Waals surface area contributed by atoms with Gasteiger partial charge in [0, 0.05) is 20.0 Å². The molecule has 2 rings (SSSR count). The first-order valence-electron chi connectivity index (χ1n) is 5.43. The second-order valence-electron chi connectivity index (χ2n) is 3.61. The van der Waals surface area contributed by atoms with Crippen LogP contribution in [0.5, 0.6) is 0 Å². The summed E-state index contributed by atoms with van der Waals surface area (Å²) in [5.41, 5.74) is 0.946. The Labute approximate surface area is 94.5 Å². The number of aromatic nitrogens is 3. The fraction of sp³-hybridized carbons (Fsp3) is 0.455. The molecule has 0 saturated heterocycles. The zero-order chi connectivity index (χ0) is 11.4. The molecule has 86 valence electrons. The molecule has 16 heavy (non-hydrogen) atoms. The van der Waals surface area contributed by atoms with E-state index in [1.165, 1.54) is 0 Å². The fourth-order valence-electron chi connectivity index (χ4n) is 1.51. The second-order valence-corrected chi connectivity index (χ2v) is 3.61. The molecule has 0 unspecified atom stereocenters. The summed E-state index contributed by atoms with van der Waals surface area (Å²) in [7, 11) is 1.93. The van der Waals surface area contributed by atoms with Crippen molar-refractivity contribution in [2.75, 3.05) is 13.1 Å². The van der Waals surface area contributed by atoms with Gasteiger partial charge in [-0.3, -0.25) is 0 Å². The third-order valence-corrected chi connectivity index (χ3v) is 2.39. The van der Waals surface area contributed by atoms with E-state index in [1.54, 1.807) is 18.7 Å². The normalized spacial score (nSPS) is 10.9. The number of oxazole rings is 1. The molecule has 1 N–H and O–H groups in total. The maximum Gasteiger partial charge on any atom is 0.196 e. The smallest absolute Gasteiger partial charge is 0.196 e. The zero-order valence-electron chi connectivity index (χ0n) is 9.60. The van der Waals surface area contributed by atoms with Gasteiger partial charge < -0.3 is 14.3 Å². The van der Waals surface area contributed by atoms with Gasteiger partial charge >= 0.3 is 0 Å². The largest absolute Gasteiger partial charge is 0.439 e. The number of nitrogens with zero attached hydrogens (tertiary/aromatic N) is 3. The van der Waals surface area contributed by atoms with Crippen molar-refractivity contribution in [1.29, 1.82) is 0 Å². The van der Waals surface area contributed by atoms with Crippen LogP contribution in [0.4, 0.5) is 0 Å². The Morgan fingerprint density at radius 1 is 1.44 bits per heavy atom. The van der Waals surface area contributed by atoms with Crippen molar-refractivity contribution in [1.82, 2.24) is 19.9 Å². The molecule has 5 heteroatoms. The summed E-state index contributed by atoms with van der Waals surface area (Å²) >= 11 is 0. The quantitative estimate of drug-likeness (QED) is 0.770. The number of likely N-dealkylation sites (N-methyl/N-ethyl adjacent to an activating group) is 1. The maximum atomic E-state index is 5.64. The Morgan fingerprint density at radius 2 is 2.31 bits per heavy atom. The summed E-state index contributed by atoms with van der Waals surface area (Å²) in [6.07, 6.45) is 6.08. The minimum Gasteiger partial charge on any atom is -0.439 e. The Balaban J connectivity index is 2.05. The molecule has 0 aliphatic heterocycles. The van der Waals surface area contributed by atoms with Gasteiger partial charge in [-0.25, -0.2) is 9.97 Å². The molecule has 2 aromatic rings. The van der Waals surface area contributed by atoms with E-state index >= 15 is 0 Å². The van der Waals surface area contributed by atoms with E-state index in [4.69, 9.17) is 4.42 Å². The molecular formula is C11H16N4O. The Morgan fingerprint density at radius 3 is 3.00 bits per heavy atom. The Kier molecular flexibility index (Phi) is 3.36. The van der Waals surface area contributed by atoms with E-state index in [1.807, 2.05) is 11.6 Å². The molecule has 5 nitrogen and oxygen atoms in total. The summed E-state index contributed by atoms with van der Waals surface area (Å²) in [4.78, 5) is 8.28. The summed E-state index contributed by atoms with van der Waals surface area (Å²) in [5.74, 6) is 1.53. The van der Waals surface area contributed by atoms with Crippen molar-refractivity contribution in [3.63, 3.8) is 0 Å². The highest BCUT2D eigenvalue weighted by molar-refractivity contribution is 5.49. The SMILES string of the molecule is CCNCCc1ncc(-c2cncn2C)o1. The number of rotatable bonds is 5. The summed E-state index contributed by atoms with van der Waals surface area (Å²) in [5, 5.41) is 3.23. The lowest BCUT2D eigenvalue weighted by atomic mass is 10.4. The van der Waals surface area contributed by atoms with E-state index < -0.39 is 0 Å². The van der Waals surface area contributed by atoms with Gasteiger partial charge in [-0.2, -0.15) is 0 Å². The number of aryl methyl sites for hydroxylation is 1. The number of imidazole rings is 1. The van der Waals surface area contributed by atoms with Gasteiger partial charge in [0.05, 0.1) is 18.7 Å². The van der Waals surface area contributed by atoms with Crippen LogP contribution in [-0.4, -0.2) is 27.6 Å². The summed E-state index contributed by atoms with van der Waals surface area (Å²) < 4.78 is 7.55. The lowest BCUT2D eigenvalue weighted by molar-refractivity contribution is 0.494. The van der Waals surface area contributed by atoms with Gasteiger partial charge in [0.15, 0.2) is 11.7 Å². The van der Waals surface area contributed by atoms with Gasteiger partial charge in [-0.15, -0.1) is 0 Å². The first-order valence-corrected chi connectivity index (χ1v) is 5.43. The number of hydrogen-bond acceptors (Lipinski definition) is 4. The van der Waals surface area contributed by atoms with Crippen LogP contribution < -0.4 is 5.32 Å². The van der Waals surface area contributed by atoms with Crippen molar-refractivity contribution in [3.05, 3.63) is 24.6 Å². The van der Waals surface area contributed by atoms with E-state index in [-0.39, 0.29) is 0 Å². The highest BCUT2D eigenvalue weighted by Crippen LogP contribution is 2.18. The third-order valence-electron chi connectivity index (χ3n) is 2.39. The maximum absolute atomic E-state index is 5.64. The minimum absolute atomic E-state index is 0.761. The summed E-state index contributed by atoms with van der Waals surface area (Å²) in [6, 6.07) is 0. The predicted octanol–water partition coefficient (Wildman–Crippen LogP) is 1.23. The van der Waals surface area contributed by atoms with Crippen molar-refractivity contribution in [3.8, 4) is 11.5 Å². The Hall–Kier alpha value is -1.62. The van der Waals surface area contributed by atoms with Crippen LogP contribution >= 0.6 is 0 Å². The predicted molar refractivity (Wildman–Crippen MR) is 61.0 cm³/mol. The van der Waals surface area contributed by atoms with Crippen molar-refractivity contribution >= 4 is 0 Å². The fourth-order valence-corrected chi connectivity index (χ4v) is 1.51. The van der Waals surface area contributed by atoms with Gasteiger partial charge in [-0.05, 0) is 6.54 Å². The van der Waals surface area contributed by atoms with Crippen molar-refractivity contribution < 1.29 is 4.42 Å². The molecule has 0 aromatic carbocycles. The van der Waals surface area contributed by atoms with Crippen LogP contribution in [0, 0.1) is 0 Å². The van der Waals surface area contributed by atoms with Crippen LogP contribution in [0.3, 0.4) is 0 Å². The minimum atomic E-state index is 0.761. The van der Waals surface area contributed by atoms with E-state index in [9.17, 15) is 0 Å². The molecule has 0 spiro atoms. The van der Waals surface area contributed by atoms with Crippen LogP contribution in [0.25, 0.3) is 11.5 Å². The molecule has 0 aliphatic carbocycles. The second kappa shape index (κ2) is 4.94. The molecule has 2 heterocycles. The lowest BCUT2D eigenvalue weighted by Crippen LogP contribution is -2.16. The monoisotopic (exact) mass is 220 g/mol. The highest BCUT2D eigenvalue weighted by atomic mass is 16.4. The molecule has 2 aromatic heterocycles. The van der Waals surface area contributed by atoms with Crippen LogP contribution in [-0.2, 0) is 13.5 Å². The molecule has 0 amide bonds. The van der Waals surface area contributed by atoms with Crippen molar-refractivity contribution in [2.24, 2.45) is 7.05 Å². The number of nitrogens with one attached hydrogen (secondary N) is 1. The molecule has 0 fully saturated rings. The van der Waals surface area contributed by atoms with Gasteiger partial charge in [0.2, 0.25) is 0 Å². The van der Waals surface area contributed by atoms with E-state index in [0.717, 1.165) is 36.9 Å². The van der Waals surface area contributed by atoms with E-state index in [0.29, 0.717) is 0 Å². The first kappa shape index (κ1) is 10.9. The molecule has 0 saturated carbocycles. The van der Waals surface area contributed by atoms with Crippen molar-refractivity contribution in [2.45, 2.75) is 13.3 Å². The van der Waals surface area contributed by atoms with Gasteiger partial charge in [-0.1, -0.05) is 6.92 Å². The zero-order valence-corrected chi connectivity index (χ0v) is 9.60. The Bertz CT molecular complexity index is 446. The van der Waals surface area contributed by atoms with Gasteiger partial charge in [0.1, 0.15) is 5.69 Å². The van der Waals surface area contributed by atoms with Gasteiger partial charge in [0.25, 0.3) is 0 Å². The first-order chi connectivity index (χ1) is 7.81. The highest BCUT2D eigenvalue weighted by Gasteiger charge is 2.08. The molecule has 0 bridgehead atoms.